The molecule has 0 saturated heterocycles. The minimum Gasteiger partial charge on any atom is -0.0628 e. The predicted octanol–water partition coefficient (Wildman–Crippen LogP) is 6.79. The van der Waals surface area contributed by atoms with Crippen LogP contribution in [-0.2, 0) is 0 Å². The smallest absolute Gasteiger partial charge is 0.0292 e. The SMILES string of the molecule is CC(C)CCC1C(CC(C)CC2CC(C)CC2C)C1(C)C. The topological polar surface area (TPSA) is 0 Å². The van der Waals surface area contributed by atoms with Crippen LogP contribution in [0.3, 0.4) is 0 Å². The molecule has 0 nitrogen and oxygen atoms in total. The molecule has 2 aliphatic carbocycles. The molecule has 6 atom stereocenters. The predicted molar refractivity (Wildman–Crippen MR) is 94.3 cm³/mol. The molecule has 2 saturated carbocycles. The quantitative estimate of drug-likeness (QED) is 0.484. The second kappa shape index (κ2) is 6.63. The summed E-state index contributed by atoms with van der Waals surface area (Å²) in [7, 11) is 0. The Bertz CT molecular complexity index is 327. The normalized spacial score (nSPS) is 39.7. The van der Waals surface area contributed by atoms with Crippen LogP contribution in [0.4, 0.5) is 0 Å². The molecule has 0 aromatic carbocycles. The van der Waals surface area contributed by atoms with Gasteiger partial charge in [-0.1, -0.05) is 54.9 Å². The maximum atomic E-state index is 2.53. The molecule has 124 valence electrons. The molecule has 0 aromatic heterocycles. The molecule has 0 aromatic rings. The Morgan fingerprint density at radius 3 is 2.14 bits per heavy atom. The van der Waals surface area contributed by atoms with Crippen molar-refractivity contribution in [2.24, 2.45) is 46.8 Å². The average molecular weight is 293 g/mol. The van der Waals surface area contributed by atoms with E-state index in [1.54, 1.807) is 0 Å². The van der Waals surface area contributed by atoms with Gasteiger partial charge in [0.15, 0.2) is 0 Å². The molecule has 21 heavy (non-hydrogen) atoms. The molecule has 0 N–H and O–H groups in total. The first-order chi connectivity index (χ1) is 9.71. The van der Waals surface area contributed by atoms with Crippen molar-refractivity contribution in [1.29, 1.82) is 0 Å². The van der Waals surface area contributed by atoms with Gasteiger partial charge in [-0.05, 0) is 78.9 Å². The average Bonchev–Trinajstić information content (AvgIpc) is 2.67. The Balaban J connectivity index is 1.76. The fourth-order valence-electron chi connectivity index (χ4n) is 5.46. The van der Waals surface area contributed by atoms with E-state index in [2.05, 4.69) is 48.5 Å². The van der Waals surface area contributed by atoms with Gasteiger partial charge in [0.1, 0.15) is 0 Å². The molecular weight excluding hydrogens is 252 g/mol. The Kier molecular flexibility index (Phi) is 5.48. The van der Waals surface area contributed by atoms with Crippen LogP contribution in [0.2, 0.25) is 0 Å². The zero-order chi connectivity index (χ0) is 15.8. The Morgan fingerprint density at radius 1 is 0.952 bits per heavy atom. The van der Waals surface area contributed by atoms with E-state index >= 15 is 0 Å². The van der Waals surface area contributed by atoms with Crippen LogP contribution in [0.5, 0.6) is 0 Å². The third-order valence-electron chi connectivity index (χ3n) is 6.99. The minimum absolute atomic E-state index is 0.637. The first kappa shape index (κ1) is 17.4. The molecule has 0 spiro atoms. The van der Waals surface area contributed by atoms with Crippen molar-refractivity contribution in [3.8, 4) is 0 Å². The van der Waals surface area contributed by atoms with Crippen LogP contribution < -0.4 is 0 Å². The van der Waals surface area contributed by atoms with E-state index < -0.39 is 0 Å². The van der Waals surface area contributed by atoms with Gasteiger partial charge < -0.3 is 0 Å². The summed E-state index contributed by atoms with van der Waals surface area (Å²) in [5.41, 5.74) is 0.637. The lowest BCUT2D eigenvalue weighted by molar-refractivity contribution is 0.301. The van der Waals surface area contributed by atoms with Gasteiger partial charge in [-0.3, -0.25) is 0 Å². The van der Waals surface area contributed by atoms with E-state index in [0.29, 0.717) is 5.41 Å². The van der Waals surface area contributed by atoms with Gasteiger partial charge >= 0.3 is 0 Å². The van der Waals surface area contributed by atoms with Crippen molar-refractivity contribution in [3.63, 3.8) is 0 Å². The van der Waals surface area contributed by atoms with Crippen LogP contribution in [0.1, 0.15) is 87.0 Å². The summed E-state index contributed by atoms with van der Waals surface area (Å²) in [6.45, 7) is 17.3. The van der Waals surface area contributed by atoms with Crippen molar-refractivity contribution < 1.29 is 0 Å². The summed E-state index contributed by atoms with van der Waals surface area (Å²) < 4.78 is 0. The maximum Gasteiger partial charge on any atom is -0.0292 e. The third-order valence-corrected chi connectivity index (χ3v) is 6.99. The Morgan fingerprint density at radius 2 is 1.62 bits per heavy atom. The first-order valence-corrected chi connectivity index (χ1v) is 9.71. The Labute approximate surface area is 134 Å². The highest BCUT2D eigenvalue weighted by Gasteiger charge is 2.56. The van der Waals surface area contributed by atoms with Gasteiger partial charge in [-0.15, -0.1) is 0 Å². The van der Waals surface area contributed by atoms with Crippen LogP contribution in [-0.4, -0.2) is 0 Å². The fraction of sp³-hybridized carbons (Fsp3) is 1.00. The van der Waals surface area contributed by atoms with Gasteiger partial charge in [0.25, 0.3) is 0 Å². The van der Waals surface area contributed by atoms with Crippen molar-refractivity contribution in [2.75, 3.05) is 0 Å². The molecule has 0 heterocycles. The maximum absolute atomic E-state index is 2.53. The van der Waals surface area contributed by atoms with E-state index in [-0.39, 0.29) is 0 Å². The highest BCUT2D eigenvalue weighted by atomic mass is 14.6. The molecule has 2 aliphatic rings. The summed E-state index contributed by atoms with van der Waals surface area (Å²) in [5, 5.41) is 0. The van der Waals surface area contributed by atoms with Crippen LogP contribution >= 0.6 is 0 Å². The highest BCUT2D eigenvalue weighted by molar-refractivity contribution is 5.05. The summed E-state index contributed by atoms with van der Waals surface area (Å²) in [6.07, 6.45) is 8.86. The van der Waals surface area contributed by atoms with Gasteiger partial charge in [-0.2, -0.15) is 0 Å². The standard InChI is InChI=1S/C21H40/c1-14(2)8-9-19-20(21(19,6)7)13-16(4)12-18-11-15(3)10-17(18)5/h14-20H,8-13H2,1-7H3. The Hall–Kier alpha value is 0. The molecule has 6 unspecified atom stereocenters. The largest absolute Gasteiger partial charge is 0.0628 e. The molecule has 2 rings (SSSR count). The highest BCUT2D eigenvalue weighted by Crippen LogP contribution is 2.63. The second-order valence-electron chi connectivity index (χ2n) is 9.90. The van der Waals surface area contributed by atoms with E-state index in [9.17, 15) is 0 Å². The second-order valence-corrected chi connectivity index (χ2v) is 9.90. The van der Waals surface area contributed by atoms with E-state index in [4.69, 9.17) is 0 Å². The summed E-state index contributed by atoms with van der Waals surface area (Å²) in [5.74, 6) is 6.82. The summed E-state index contributed by atoms with van der Waals surface area (Å²) >= 11 is 0. The lowest BCUT2D eigenvalue weighted by atomic mass is 9.85. The zero-order valence-electron chi connectivity index (χ0n) is 15.8. The van der Waals surface area contributed by atoms with Gasteiger partial charge in [-0.25, -0.2) is 0 Å². The lowest BCUT2D eigenvalue weighted by Gasteiger charge is -2.20. The molecule has 0 bridgehead atoms. The van der Waals surface area contributed by atoms with Gasteiger partial charge in [0, 0.05) is 0 Å². The first-order valence-electron chi connectivity index (χ1n) is 9.71. The van der Waals surface area contributed by atoms with Crippen molar-refractivity contribution in [3.05, 3.63) is 0 Å². The van der Waals surface area contributed by atoms with Crippen LogP contribution in [0.25, 0.3) is 0 Å². The zero-order valence-corrected chi connectivity index (χ0v) is 15.8. The fourth-order valence-corrected chi connectivity index (χ4v) is 5.46. The molecule has 0 amide bonds. The monoisotopic (exact) mass is 292 g/mol. The van der Waals surface area contributed by atoms with Crippen LogP contribution in [0.15, 0.2) is 0 Å². The minimum atomic E-state index is 0.637. The summed E-state index contributed by atoms with van der Waals surface area (Å²) in [6, 6.07) is 0. The molecule has 0 aliphatic heterocycles. The van der Waals surface area contributed by atoms with E-state index in [1.165, 1.54) is 38.5 Å². The van der Waals surface area contributed by atoms with Gasteiger partial charge in [0.05, 0.1) is 0 Å². The molecule has 0 radical (unpaired) electrons. The number of hydrogen-bond donors (Lipinski definition) is 0. The number of rotatable bonds is 7. The number of hydrogen-bond acceptors (Lipinski definition) is 0. The van der Waals surface area contributed by atoms with Crippen molar-refractivity contribution in [1.82, 2.24) is 0 Å². The van der Waals surface area contributed by atoms with E-state index in [1.807, 2.05) is 0 Å². The van der Waals surface area contributed by atoms with Crippen LogP contribution in [0, 0.1) is 46.8 Å². The van der Waals surface area contributed by atoms with Gasteiger partial charge in [0.2, 0.25) is 0 Å². The molecular formula is C21H40. The van der Waals surface area contributed by atoms with E-state index in [0.717, 1.165) is 41.4 Å². The third kappa shape index (κ3) is 4.26. The molecule has 0 heteroatoms. The molecule has 2 fully saturated rings. The summed E-state index contributed by atoms with van der Waals surface area (Å²) in [4.78, 5) is 0. The van der Waals surface area contributed by atoms with Crippen molar-refractivity contribution in [2.45, 2.75) is 87.0 Å². The lowest BCUT2D eigenvalue weighted by Crippen LogP contribution is -2.10. The van der Waals surface area contributed by atoms with Crippen molar-refractivity contribution >= 4 is 0 Å².